The third-order valence-corrected chi connectivity index (χ3v) is 8.55. The molecule has 1 atom stereocenters. The van der Waals surface area contributed by atoms with Crippen molar-refractivity contribution in [2.24, 2.45) is 0 Å². The van der Waals surface area contributed by atoms with E-state index < -0.39 is 0 Å². The number of pyridine rings is 1. The first-order valence-corrected chi connectivity index (χ1v) is 13.5. The predicted molar refractivity (Wildman–Crippen MR) is 140 cm³/mol. The topological polar surface area (TPSA) is 66.9 Å². The van der Waals surface area contributed by atoms with Crippen LogP contribution in [0.3, 0.4) is 0 Å². The summed E-state index contributed by atoms with van der Waals surface area (Å²) >= 11 is 0. The molecule has 8 heteroatoms. The lowest BCUT2D eigenvalue weighted by molar-refractivity contribution is -0.127. The molecule has 1 aromatic heterocycles. The smallest absolute Gasteiger partial charge is 0.245 e. The van der Waals surface area contributed by atoms with Crippen LogP contribution in [0.2, 0.25) is 0 Å². The molecule has 0 unspecified atom stereocenters. The number of carbonyl (C=O) groups excluding carboxylic acids is 1. The van der Waals surface area contributed by atoms with Crippen LogP contribution in [0.5, 0.6) is 5.75 Å². The van der Waals surface area contributed by atoms with Crippen LogP contribution in [0.15, 0.2) is 37.1 Å². The Hall–Kier alpha value is -2.97. The van der Waals surface area contributed by atoms with Crippen molar-refractivity contribution in [2.75, 3.05) is 44.7 Å². The number of ether oxygens (including phenoxy) is 2. The molecule has 0 spiro atoms. The van der Waals surface area contributed by atoms with Crippen molar-refractivity contribution in [2.45, 2.75) is 56.6 Å². The van der Waals surface area contributed by atoms with Crippen molar-refractivity contribution in [3.05, 3.63) is 59.6 Å². The molecule has 4 aliphatic heterocycles. The lowest BCUT2D eigenvalue weighted by Gasteiger charge is -2.47. The number of anilines is 2. The third-order valence-electron chi connectivity index (χ3n) is 8.55. The van der Waals surface area contributed by atoms with Gasteiger partial charge in [0.05, 0.1) is 5.69 Å². The molecular formula is C29H35FN4O3. The van der Waals surface area contributed by atoms with Gasteiger partial charge in [0.25, 0.3) is 0 Å². The minimum absolute atomic E-state index is 0.0142. The Morgan fingerprint density at radius 2 is 1.92 bits per heavy atom. The molecule has 196 valence electrons. The van der Waals surface area contributed by atoms with Gasteiger partial charge < -0.3 is 19.7 Å². The van der Waals surface area contributed by atoms with Crippen molar-refractivity contribution in [3.63, 3.8) is 0 Å². The zero-order valence-electron chi connectivity index (χ0n) is 21.4. The molecule has 2 aromatic rings. The van der Waals surface area contributed by atoms with Gasteiger partial charge in [-0.05, 0) is 73.9 Å². The molecule has 0 radical (unpaired) electrons. The van der Waals surface area contributed by atoms with Crippen molar-refractivity contribution in [3.8, 4) is 5.75 Å². The lowest BCUT2D eigenvalue weighted by Crippen LogP contribution is -2.54. The largest absolute Gasteiger partial charge is 0.481 e. The molecule has 1 amide bonds. The Labute approximate surface area is 217 Å². The van der Waals surface area contributed by atoms with E-state index in [0.29, 0.717) is 17.6 Å². The van der Waals surface area contributed by atoms with Gasteiger partial charge in [-0.1, -0.05) is 6.58 Å². The third kappa shape index (κ3) is 4.61. The van der Waals surface area contributed by atoms with Crippen molar-refractivity contribution < 1.29 is 18.7 Å². The number of rotatable bonds is 4. The van der Waals surface area contributed by atoms with E-state index in [1.165, 1.54) is 11.6 Å². The second kappa shape index (κ2) is 10.1. The quantitative estimate of drug-likeness (QED) is 0.596. The molecule has 5 heterocycles. The number of likely N-dealkylation sites (tertiary alicyclic amines) is 2. The van der Waals surface area contributed by atoms with E-state index in [1.807, 2.05) is 24.1 Å². The van der Waals surface area contributed by atoms with Crippen LogP contribution in [0, 0.1) is 5.82 Å². The van der Waals surface area contributed by atoms with E-state index in [0.717, 1.165) is 82.0 Å². The highest BCUT2D eigenvalue weighted by atomic mass is 19.1. The van der Waals surface area contributed by atoms with Gasteiger partial charge in [0, 0.05) is 63.1 Å². The first kappa shape index (κ1) is 24.4. The molecule has 0 bridgehead atoms. The standard InChI is InChI=1S/C29H35FN4O3/c1-3-26(35)33-10-5-22(6-11-33)34-16-21(17-34)20-14-24(30)28-25(15-20)32-29-27(18(2)37-28)23(4-9-31-29)19-7-12-36-13-8-19/h3-4,9,14-15,18-19,21-22H,1,5-8,10-13,16-17H2,2H3,(H,31,32)/t18-/m0/s1. The number of carbonyl (C=O) groups is 1. The van der Waals surface area contributed by atoms with Gasteiger partial charge in [-0.15, -0.1) is 0 Å². The second-order valence-corrected chi connectivity index (χ2v) is 10.7. The van der Waals surface area contributed by atoms with Crippen LogP contribution in [0.1, 0.15) is 67.2 Å². The number of fused-ring (bicyclic) bond motifs is 2. The fraction of sp³-hybridized carbons (Fsp3) is 0.517. The molecule has 1 N–H and O–H groups in total. The van der Waals surface area contributed by atoms with Crippen LogP contribution in [-0.4, -0.2) is 66.1 Å². The minimum Gasteiger partial charge on any atom is -0.481 e. The number of amides is 1. The van der Waals surface area contributed by atoms with E-state index >= 15 is 4.39 Å². The van der Waals surface area contributed by atoms with E-state index in [9.17, 15) is 4.79 Å². The predicted octanol–water partition coefficient (Wildman–Crippen LogP) is 4.89. The number of hydrogen-bond donors (Lipinski definition) is 1. The number of nitrogens with one attached hydrogen (secondary N) is 1. The van der Waals surface area contributed by atoms with Gasteiger partial charge in [-0.3, -0.25) is 9.69 Å². The summed E-state index contributed by atoms with van der Waals surface area (Å²) in [6.45, 7) is 10.4. The zero-order valence-corrected chi connectivity index (χ0v) is 21.4. The number of piperidine rings is 1. The summed E-state index contributed by atoms with van der Waals surface area (Å²) in [7, 11) is 0. The molecule has 4 aliphatic rings. The summed E-state index contributed by atoms with van der Waals surface area (Å²) in [6.07, 6.45) is 6.80. The summed E-state index contributed by atoms with van der Waals surface area (Å²) in [5.41, 5.74) is 3.87. The average Bonchev–Trinajstić information content (AvgIpc) is 3.04. The second-order valence-electron chi connectivity index (χ2n) is 10.7. The molecule has 3 saturated heterocycles. The molecular weight excluding hydrogens is 471 g/mol. The summed E-state index contributed by atoms with van der Waals surface area (Å²) in [5, 5.41) is 3.43. The molecule has 6 rings (SSSR count). The van der Waals surface area contributed by atoms with Crippen molar-refractivity contribution >= 4 is 17.4 Å². The van der Waals surface area contributed by atoms with Gasteiger partial charge in [0.2, 0.25) is 5.91 Å². The van der Waals surface area contributed by atoms with Gasteiger partial charge in [-0.2, -0.15) is 0 Å². The summed E-state index contributed by atoms with van der Waals surface area (Å²) in [4.78, 5) is 20.8. The highest BCUT2D eigenvalue weighted by Gasteiger charge is 2.37. The Morgan fingerprint density at radius 3 is 2.65 bits per heavy atom. The van der Waals surface area contributed by atoms with E-state index in [2.05, 4.69) is 27.8 Å². The van der Waals surface area contributed by atoms with Gasteiger partial charge in [-0.25, -0.2) is 9.37 Å². The Balaban J connectivity index is 1.18. The monoisotopic (exact) mass is 506 g/mol. The number of halogens is 1. The van der Waals surface area contributed by atoms with Crippen LogP contribution in [0.25, 0.3) is 0 Å². The van der Waals surface area contributed by atoms with Crippen molar-refractivity contribution in [1.82, 2.24) is 14.8 Å². The summed E-state index contributed by atoms with van der Waals surface area (Å²) in [5.74, 6) is 1.37. The molecule has 0 saturated carbocycles. The van der Waals surface area contributed by atoms with Crippen LogP contribution in [0.4, 0.5) is 15.9 Å². The lowest BCUT2D eigenvalue weighted by atomic mass is 9.87. The first-order valence-electron chi connectivity index (χ1n) is 13.5. The molecule has 0 aliphatic carbocycles. The Bertz CT molecular complexity index is 1180. The fourth-order valence-electron chi connectivity index (χ4n) is 6.41. The molecule has 37 heavy (non-hydrogen) atoms. The Kier molecular flexibility index (Phi) is 6.63. The normalized spacial score (nSPS) is 23.2. The number of hydrogen-bond acceptors (Lipinski definition) is 6. The number of aromatic nitrogens is 1. The maximum absolute atomic E-state index is 15.4. The van der Waals surface area contributed by atoms with E-state index in [4.69, 9.17) is 9.47 Å². The highest BCUT2D eigenvalue weighted by Crippen LogP contribution is 2.45. The molecule has 3 fully saturated rings. The average molecular weight is 507 g/mol. The number of benzene rings is 1. The molecule has 7 nitrogen and oxygen atoms in total. The van der Waals surface area contributed by atoms with Crippen LogP contribution in [-0.2, 0) is 9.53 Å². The van der Waals surface area contributed by atoms with Gasteiger partial charge in [0.15, 0.2) is 11.6 Å². The zero-order chi connectivity index (χ0) is 25.5. The Morgan fingerprint density at radius 1 is 1.16 bits per heavy atom. The van der Waals surface area contributed by atoms with E-state index in [-0.39, 0.29) is 29.5 Å². The highest BCUT2D eigenvalue weighted by molar-refractivity contribution is 5.87. The van der Waals surface area contributed by atoms with Gasteiger partial charge >= 0.3 is 0 Å². The van der Waals surface area contributed by atoms with E-state index in [1.54, 1.807) is 6.07 Å². The maximum Gasteiger partial charge on any atom is 0.245 e. The number of nitrogens with zero attached hydrogens (tertiary/aromatic N) is 3. The SMILES string of the molecule is C=CC(=O)N1CCC(N2CC(c3cc(F)c4c(c3)Nc3nccc(C5CCOCC5)c3[C@H](C)O4)C2)CC1. The van der Waals surface area contributed by atoms with Crippen LogP contribution < -0.4 is 10.1 Å². The van der Waals surface area contributed by atoms with Crippen LogP contribution >= 0.6 is 0 Å². The maximum atomic E-state index is 15.4. The molecule has 1 aromatic carbocycles. The first-order chi connectivity index (χ1) is 18.0. The summed E-state index contributed by atoms with van der Waals surface area (Å²) < 4.78 is 27.2. The van der Waals surface area contributed by atoms with Gasteiger partial charge in [0.1, 0.15) is 11.9 Å². The minimum atomic E-state index is -0.332. The summed E-state index contributed by atoms with van der Waals surface area (Å²) in [6, 6.07) is 6.23. The van der Waals surface area contributed by atoms with Crippen molar-refractivity contribution in [1.29, 1.82) is 0 Å². The fourth-order valence-corrected chi connectivity index (χ4v) is 6.41.